The Morgan fingerprint density at radius 2 is 1.86 bits per heavy atom. The number of ether oxygens (including phenoxy) is 3. The maximum atomic E-state index is 11.8. The van der Waals surface area contributed by atoms with E-state index in [0.717, 1.165) is 0 Å². The number of halogens is 1. The fraction of sp³-hybridized carbons (Fsp3) is 0.385. The Balaban J connectivity index is 2.64. The van der Waals surface area contributed by atoms with E-state index in [9.17, 15) is 9.59 Å². The van der Waals surface area contributed by atoms with Crippen molar-refractivity contribution in [2.45, 2.75) is 6.29 Å². The molecule has 116 valence electrons. The van der Waals surface area contributed by atoms with Crippen molar-refractivity contribution in [3.05, 3.63) is 23.2 Å². The van der Waals surface area contributed by atoms with E-state index in [-0.39, 0.29) is 6.54 Å². The maximum absolute atomic E-state index is 11.8. The van der Waals surface area contributed by atoms with Gasteiger partial charge in [0.2, 0.25) is 0 Å². The van der Waals surface area contributed by atoms with Gasteiger partial charge in [-0.05, 0) is 18.2 Å². The van der Waals surface area contributed by atoms with E-state index in [1.165, 1.54) is 27.4 Å². The van der Waals surface area contributed by atoms with Crippen LogP contribution in [-0.4, -0.2) is 46.0 Å². The highest BCUT2D eigenvalue weighted by molar-refractivity contribution is 6.40. The first kappa shape index (κ1) is 17.2. The molecule has 0 heterocycles. The molecule has 8 heteroatoms. The molecular formula is C13H17ClN2O5. The lowest BCUT2D eigenvalue weighted by Crippen LogP contribution is -2.40. The van der Waals surface area contributed by atoms with E-state index < -0.39 is 18.1 Å². The van der Waals surface area contributed by atoms with E-state index in [0.29, 0.717) is 16.5 Å². The highest BCUT2D eigenvalue weighted by atomic mass is 35.5. The number of nitrogens with one attached hydrogen (secondary N) is 2. The zero-order valence-electron chi connectivity index (χ0n) is 11.9. The summed E-state index contributed by atoms with van der Waals surface area (Å²) in [6.07, 6.45) is -0.623. The summed E-state index contributed by atoms with van der Waals surface area (Å²) in [6.45, 7) is 0.0476. The van der Waals surface area contributed by atoms with Gasteiger partial charge in [0, 0.05) is 19.2 Å². The minimum Gasteiger partial charge on any atom is -0.495 e. The number of carbonyl (C=O) groups is 2. The zero-order chi connectivity index (χ0) is 15.8. The van der Waals surface area contributed by atoms with Crippen molar-refractivity contribution in [2.75, 3.05) is 33.2 Å². The first-order valence-corrected chi connectivity index (χ1v) is 6.38. The molecule has 0 bridgehead atoms. The number of carbonyl (C=O) groups excluding carboxylic acids is 2. The molecule has 1 aromatic carbocycles. The molecule has 0 aromatic heterocycles. The van der Waals surface area contributed by atoms with Crippen molar-refractivity contribution in [3.63, 3.8) is 0 Å². The summed E-state index contributed by atoms with van der Waals surface area (Å²) in [5.41, 5.74) is 0.306. The van der Waals surface area contributed by atoms with E-state index in [1.54, 1.807) is 12.1 Å². The van der Waals surface area contributed by atoms with Crippen LogP contribution in [0.2, 0.25) is 5.02 Å². The van der Waals surface area contributed by atoms with E-state index in [4.69, 9.17) is 25.8 Å². The van der Waals surface area contributed by atoms with Crippen LogP contribution >= 0.6 is 11.6 Å². The summed E-state index contributed by atoms with van der Waals surface area (Å²) in [5, 5.41) is 5.21. The van der Waals surface area contributed by atoms with Gasteiger partial charge in [-0.3, -0.25) is 9.59 Å². The molecule has 0 aliphatic rings. The predicted octanol–water partition coefficient (Wildman–Crippen LogP) is 1.02. The van der Waals surface area contributed by atoms with Crippen molar-refractivity contribution >= 4 is 29.1 Å². The Labute approximate surface area is 127 Å². The SMILES string of the molecule is COc1ccc(Cl)cc1NC(=O)C(=O)NCC(OC)OC. The summed E-state index contributed by atoms with van der Waals surface area (Å²) < 4.78 is 14.9. The predicted molar refractivity (Wildman–Crippen MR) is 77.4 cm³/mol. The van der Waals surface area contributed by atoms with Crippen LogP contribution in [0.15, 0.2) is 18.2 Å². The maximum Gasteiger partial charge on any atom is 0.313 e. The molecule has 0 fully saturated rings. The number of rotatable bonds is 6. The van der Waals surface area contributed by atoms with Crippen LogP contribution in [0.5, 0.6) is 5.75 Å². The van der Waals surface area contributed by atoms with Gasteiger partial charge >= 0.3 is 11.8 Å². The van der Waals surface area contributed by atoms with Gasteiger partial charge in [0.05, 0.1) is 19.3 Å². The average Bonchev–Trinajstić information content (AvgIpc) is 2.48. The number of anilines is 1. The summed E-state index contributed by atoms with van der Waals surface area (Å²) in [5.74, 6) is -1.27. The van der Waals surface area contributed by atoms with Crippen LogP contribution in [0.25, 0.3) is 0 Å². The van der Waals surface area contributed by atoms with Gasteiger partial charge in [0.1, 0.15) is 5.75 Å². The lowest BCUT2D eigenvalue weighted by molar-refractivity contribution is -0.139. The van der Waals surface area contributed by atoms with Gasteiger partial charge in [0.25, 0.3) is 0 Å². The fourth-order valence-electron chi connectivity index (χ4n) is 1.48. The smallest absolute Gasteiger partial charge is 0.313 e. The van der Waals surface area contributed by atoms with Gasteiger partial charge in [-0.25, -0.2) is 0 Å². The molecule has 7 nitrogen and oxygen atoms in total. The van der Waals surface area contributed by atoms with Crippen LogP contribution in [0, 0.1) is 0 Å². The summed E-state index contributed by atoms with van der Waals surface area (Å²) in [7, 11) is 4.30. The highest BCUT2D eigenvalue weighted by Gasteiger charge is 2.17. The summed E-state index contributed by atoms with van der Waals surface area (Å²) in [6, 6.07) is 4.68. The van der Waals surface area contributed by atoms with Gasteiger partial charge in [-0.15, -0.1) is 0 Å². The second-order valence-corrected chi connectivity index (χ2v) is 4.35. The zero-order valence-corrected chi connectivity index (χ0v) is 12.7. The largest absolute Gasteiger partial charge is 0.495 e. The molecule has 0 aliphatic carbocycles. The van der Waals surface area contributed by atoms with Gasteiger partial charge < -0.3 is 24.8 Å². The van der Waals surface area contributed by atoms with Gasteiger partial charge in [0.15, 0.2) is 6.29 Å². The molecule has 2 N–H and O–H groups in total. The van der Waals surface area contributed by atoms with Crippen LogP contribution < -0.4 is 15.4 Å². The third-order valence-corrected chi connectivity index (χ3v) is 2.81. The molecule has 0 saturated heterocycles. The third kappa shape index (κ3) is 5.22. The lowest BCUT2D eigenvalue weighted by atomic mass is 10.3. The van der Waals surface area contributed by atoms with Crippen LogP contribution in [0.4, 0.5) is 5.69 Å². The molecule has 0 saturated carbocycles. The molecule has 0 atom stereocenters. The Morgan fingerprint density at radius 1 is 1.19 bits per heavy atom. The first-order valence-electron chi connectivity index (χ1n) is 6.00. The second-order valence-electron chi connectivity index (χ2n) is 3.91. The van der Waals surface area contributed by atoms with Crippen molar-refractivity contribution in [2.24, 2.45) is 0 Å². The molecule has 0 radical (unpaired) electrons. The van der Waals surface area contributed by atoms with E-state index >= 15 is 0 Å². The topological polar surface area (TPSA) is 85.9 Å². The molecule has 1 rings (SSSR count). The molecule has 21 heavy (non-hydrogen) atoms. The van der Waals surface area contributed by atoms with E-state index in [1.807, 2.05) is 0 Å². The normalized spacial score (nSPS) is 10.3. The minimum absolute atomic E-state index is 0.0476. The molecule has 0 unspecified atom stereocenters. The Kier molecular flexibility index (Phi) is 6.93. The summed E-state index contributed by atoms with van der Waals surface area (Å²) >= 11 is 5.84. The van der Waals surface area contributed by atoms with Gasteiger partial charge in [-0.2, -0.15) is 0 Å². The number of benzene rings is 1. The average molecular weight is 317 g/mol. The molecule has 0 aliphatic heterocycles. The third-order valence-electron chi connectivity index (χ3n) is 2.57. The van der Waals surface area contributed by atoms with Crippen LogP contribution in [0.1, 0.15) is 0 Å². The van der Waals surface area contributed by atoms with Crippen molar-refractivity contribution < 1.29 is 23.8 Å². The van der Waals surface area contributed by atoms with E-state index in [2.05, 4.69) is 10.6 Å². The quantitative estimate of drug-likeness (QED) is 0.604. The fourth-order valence-corrected chi connectivity index (χ4v) is 1.65. The van der Waals surface area contributed by atoms with Crippen molar-refractivity contribution in [1.29, 1.82) is 0 Å². The van der Waals surface area contributed by atoms with Crippen LogP contribution in [-0.2, 0) is 19.1 Å². The minimum atomic E-state index is -0.846. The molecule has 2 amide bonds. The molecule has 1 aromatic rings. The monoisotopic (exact) mass is 316 g/mol. The number of amides is 2. The lowest BCUT2D eigenvalue weighted by Gasteiger charge is -2.14. The Hall–Kier alpha value is -1.83. The molecule has 0 spiro atoms. The van der Waals surface area contributed by atoms with Crippen molar-refractivity contribution in [3.8, 4) is 5.75 Å². The Morgan fingerprint density at radius 3 is 2.43 bits per heavy atom. The van der Waals surface area contributed by atoms with Crippen molar-refractivity contribution in [1.82, 2.24) is 5.32 Å². The second kappa shape index (κ2) is 8.46. The number of hydrogen-bond acceptors (Lipinski definition) is 5. The van der Waals surface area contributed by atoms with Crippen LogP contribution in [0.3, 0.4) is 0 Å². The number of methoxy groups -OCH3 is 3. The first-order chi connectivity index (χ1) is 10.0. The highest BCUT2D eigenvalue weighted by Crippen LogP contribution is 2.27. The summed E-state index contributed by atoms with van der Waals surface area (Å²) in [4.78, 5) is 23.4. The standard InChI is InChI=1S/C13H17ClN2O5/c1-19-10-5-4-8(14)6-9(10)16-13(18)12(17)15-7-11(20-2)21-3/h4-6,11H,7H2,1-3H3,(H,15,17)(H,16,18). The van der Waals surface area contributed by atoms with Gasteiger partial charge in [-0.1, -0.05) is 11.6 Å². The molecular weight excluding hydrogens is 300 g/mol. The number of hydrogen-bond donors (Lipinski definition) is 2. The Bertz CT molecular complexity index is 505.